The Bertz CT molecular complexity index is 1040. The van der Waals surface area contributed by atoms with Gasteiger partial charge in [0.25, 0.3) is 5.91 Å². The van der Waals surface area contributed by atoms with Gasteiger partial charge in [0.2, 0.25) is 0 Å². The van der Waals surface area contributed by atoms with Gasteiger partial charge in [-0.15, -0.1) is 0 Å². The molecule has 1 aliphatic heterocycles. The molecule has 1 N–H and O–H groups in total. The molecule has 3 amide bonds. The summed E-state index contributed by atoms with van der Waals surface area (Å²) >= 11 is 6.19. The van der Waals surface area contributed by atoms with Gasteiger partial charge in [0, 0.05) is 35.0 Å². The first kappa shape index (κ1) is 18.1. The summed E-state index contributed by atoms with van der Waals surface area (Å²) in [6.45, 7) is 0.265. The number of anilines is 1. The van der Waals surface area contributed by atoms with Crippen molar-refractivity contribution in [1.29, 1.82) is 0 Å². The predicted molar refractivity (Wildman–Crippen MR) is 105 cm³/mol. The Balaban J connectivity index is 1.61. The highest BCUT2D eigenvalue weighted by molar-refractivity contribution is 6.31. The number of rotatable bonds is 5. The zero-order valence-corrected chi connectivity index (χ0v) is 15.8. The number of aromatic nitrogens is 2. The maximum Gasteiger partial charge on any atom is 0.332 e. The van der Waals surface area contributed by atoms with E-state index >= 15 is 0 Å². The van der Waals surface area contributed by atoms with E-state index < -0.39 is 0 Å². The molecule has 3 aromatic rings. The molecule has 1 fully saturated rings. The second-order valence-electron chi connectivity index (χ2n) is 6.33. The van der Waals surface area contributed by atoms with Crippen LogP contribution in [0.1, 0.15) is 5.56 Å². The van der Waals surface area contributed by atoms with E-state index in [1.165, 1.54) is 9.80 Å². The van der Waals surface area contributed by atoms with Crippen LogP contribution in [0.3, 0.4) is 0 Å². The number of urea groups is 1. The first-order valence-corrected chi connectivity index (χ1v) is 8.98. The Morgan fingerprint density at radius 3 is 2.75 bits per heavy atom. The Labute approximate surface area is 166 Å². The van der Waals surface area contributed by atoms with Crippen LogP contribution < -0.4 is 9.64 Å². The maximum absolute atomic E-state index is 12.9. The van der Waals surface area contributed by atoms with Crippen LogP contribution in [-0.2, 0) is 11.3 Å². The number of nitrogens with one attached hydrogen (secondary N) is 1. The van der Waals surface area contributed by atoms with E-state index in [1.807, 2.05) is 18.2 Å². The number of hydrogen-bond acceptors (Lipinski definition) is 4. The van der Waals surface area contributed by atoms with Crippen LogP contribution >= 0.6 is 11.6 Å². The average molecular weight is 397 g/mol. The monoisotopic (exact) mass is 396 g/mol. The standard InChI is InChI=1S/C20H17ClN4O3/c1-28-18-8-15(6-7-16(18)14-9-22-23-10-14)25-19(26)12-24(20(25)27)11-13-4-2-3-5-17(13)21/h2-10H,11-12H2,1H3,(H,22,23). The number of benzene rings is 2. The number of imide groups is 1. The number of carbonyl (C=O) groups excluding carboxylic acids is 2. The van der Waals surface area contributed by atoms with Crippen LogP contribution in [0.5, 0.6) is 5.75 Å². The summed E-state index contributed by atoms with van der Waals surface area (Å²) in [5.41, 5.74) is 2.91. The fourth-order valence-electron chi connectivity index (χ4n) is 3.22. The molecule has 0 unspecified atom stereocenters. The average Bonchev–Trinajstić information content (AvgIpc) is 3.32. The third-order valence-electron chi connectivity index (χ3n) is 4.61. The molecular formula is C20H17ClN4O3. The molecule has 0 bridgehead atoms. The minimum absolute atomic E-state index is 0.00411. The minimum Gasteiger partial charge on any atom is -0.496 e. The molecule has 2 heterocycles. The first-order valence-electron chi connectivity index (χ1n) is 8.61. The van der Waals surface area contributed by atoms with Gasteiger partial charge in [-0.2, -0.15) is 5.10 Å². The number of aromatic amines is 1. The van der Waals surface area contributed by atoms with Crippen LogP contribution in [0.15, 0.2) is 54.9 Å². The van der Waals surface area contributed by atoms with Crippen LogP contribution in [0.2, 0.25) is 5.02 Å². The number of H-pyrrole nitrogens is 1. The zero-order valence-electron chi connectivity index (χ0n) is 15.1. The van der Waals surface area contributed by atoms with E-state index in [-0.39, 0.29) is 25.0 Å². The van der Waals surface area contributed by atoms with Gasteiger partial charge in [-0.1, -0.05) is 29.8 Å². The first-order chi connectivity index (χ1) is 13.6. The SMILES string of the molecule is COc1cc(N2C(=O)CN(Cc3ccccc3Cl)C2=O)ccc1-c1cn[nH]c1. The van der Waals surface area contributed by atoms with E-state index in [4.69, 9.17) is 16.3 Å². The van der Waals surface area contributed by atoms with Crippen molar-refractivity contribution >= 4 is 29.2 Å². The van der Waals surface area contributed by atoms with Crippen LogP contribution in [0.4, 0.5) is 10.5 Å². The molecule has 0 atom stereocenters. The van der Waals surface area contributed by atoms with Crippen LogP contribution in [0, 0.1) is 0 Å². The second-order valence-corrected chi connectivity index (χ2v) is 6.74. The second kappa shape index (κ2) is 7.36. The van der Waals surface area contributed by atoms with Gasteiger partial charge < -0.3 is 9.64 Å². The zero-order chi connectivity index (χ0) is 19.7. The molecule has 28 heavy (non-hydrogen) atoms. The molecule has 0 radical (unpaired) electrons. The van der Waals surface area contributed by atoms with Gasteiger partial charge in [-0.3, -0.25) is 9.89 Å². The lowest BCUT2D eigenvalue weighted by Gasteiger charge is -2.19. The number of nitrogens with zero attached hydrogens (tertiary/aromatic N) is 3. The summed E-state index contributed by atoms with van der Waals surface area (Å²) in [4.78, 5) is 28.1. The van der Waals surface area contributed by atoms with Crippen molar-refractivity contribution < 1.29 is 14.3 Å². The molecule has 8 heteroatoms. The van der Waals surface area contributed by atoms with Crippen molar-refractivity contribution in [3.8, 4) is 16.9 Å². The molecule has 7 nitrogen and oxygen atoms in total. The molecule has 0 saturated carbocycles. The fraction of sp³-hybridized carbons (Fsp3) is 0.150. The van der Waals surface area contributed by atoms with Crippen molar-refractivity contribution in [2.45, 2.75) is 6.54 Å². The van der Waals surface area contributed by atoms with Crippen molar-refractivity contribution in [1.82, 2.24) is 15.1 Å². The lowest BCUT2D eigenvalue weighted by atomic mass is 10.1. The van der Waals surface area contributed by atoms with E-state index in [0.29, 0.717) is 16.5 Å². The summed E-state index contributed by atoms with van der Waals surface area (Å²) in [5, 5.41) is 7.26. The van der Waals surface area contributed by atoms with Crippen molar-refractivity contribution in [2.24, 2.45) is 0 Å². The highest BCUT2D eigenvalue weighted by Gasteiger charge is 2.37. The largest absolute Gasteiger partial charge is 0.496 e. The molecule has 1 saturated heterocycles. The Hall–Kier alpha value is -3.32. The summed E-state index contributed by atoms with van der Waals surface area (Å²) in [7, 11) is 1.54. The molecule has 1 aliphatic rings. The fourth-order valence-corrected chi connectivity index (χ4v) is 3.41. The van der Waals surface area contributed by atoms with Crippen LogP contribution in [-0.4, -0.2) is 40.7 Å². The van der Waals surface area contributed by atoms with Gasteiger partial charge in [-0.25, -0.2) is 9.69 Å². The molecule has 1 aromatic heterocycles. The van der Waals surface area contributed by atoms with E-state index in [9.17, 15) is 9.59 Å². The molecule has 2 aromatic carbocycles. The normalized spacial score (nSPS) is 14.1. The van der Waals surface area contributed by atoms with E-state index in [1.54, 1.807) is 43.8 Å². The smallest absolute Gasteiger partial charge is 0.332 e. The lowest BCUT2D eigenvalue weighted by molar-refractivity contribution is -0.116. The van der Waals surface area contributed by atoms with Gasteiger partial charge >= 0.3 is 6.03 Å². The molecule has 142 valence electrons. The third-order valence-corrected chi connectivity index (χ3v) is 4.98. The highest BCUT2D eigenvalue weighted by Crippen LogP contribution is 2.34. The molecule has 0 spiro atoms. The van der Waals surface area contributed by atoms with Gasteiger partial charge in [0.15, 0.2) is 0 Å². The topological polar surface area (TPSA) is 78.5 Å². The number of methoxy groups -OCH3 is 1. The van der Waals surface area contributed by atoms with E-state index in [2.05, 4.69) is 10.2 Å². The Morgan fingerprint density at radius 1 is 1.21 bits per heavy atom. The minimum atomic E-state index is -0.386. The summed E-state index contributed by atoms with van der Waals surface area (Å²) in [5.74, 6) is 0.249. The predicted octanol–water partition coefficient (Wildman–Crippen LogP) is 3.71. The number of hydrogen-bond donors (Lipinski definition) is 1. The van der Waals surface area contributed by atoms with Gasteiger partial charge in [0.1, 0.15) is 12.3 Å². The Morgan fingerprint density at radius 2 is 2.04 bits per heavy atom. The molecule has 4 rings (SSSR count). The van der Waals surface area contributed by atoms with Crippen molar-refractivity contribution in [3.63, 3.8) is 0 Å². The molecular weight excluding hydrogens is 380 g/mol. The third kappa shape index (κ3) is 3.20. The van der Waals surface area contributed by atoms with Gasteiger partial charge in [0.05, 0.1) is 19.0 Å². The number of amides is 3. The van der Waals surface area contributed by atoms with E-state index in [0.717, 1.165) is 16.7 Å². The maximum atomic E-state index is 12.9. The number of carbonyl (C=O) groups is 2. The van der Waals surface area contributed by atoms with Crippen LogP contribution in [0.25, 0.3) is 11.1 Å². The Kier molecular flexibility index (Phi) is 4.75. The summed E-state index contributed by atoms with van der Waals surface area (Å²) in [6.07, 6.45) is 3.42. The van der Waals surface area contributed by atoms with Crippen molar-refractivity contribution in [2.75, 3.05) is 18.6 Å². The summed E-state index contributed by atoms with van der Waals surface area (Å²) < 4.78 is 5.46. The number of halogens is 1. The molecule has 0 aliphatic carbocycles. The summed E-state index contributed by atoms with van der Waals surface area (Å²) in [6, 6.07) is 12.1. The highest BCUT2D eigenvalue weighted by atomic mass is 35.5. The lowest BCUT2D eigenvalue weighted by Crippen LogP contribution is -2.32. The van der Waals surface area contributed by atoms with Crippen molar-refractivity contribution in [3.05, 3.63) is 65.4 Å². The van der Waals surface area contributed by atoms with Gasteiger partial charge in [-0.05, 0) is 23.8 Å². The number of ether oxygens (including phenoxy) is 1. The quantitative estimate of drug-likeness (QED) is 0.667.